The minimum atomic E-state index is -0.340. The summed E-state index contributed by atoms with van der Waals surface area (Å²) >= 11 is 1.22. The van der Waals surface area contributed by atoms with Gasteiger partial charge in [-0.3, -0.25) is 19.0 Å². The molecule has 0 aliphatic heterocycles. The summed E-state index contributed by atoms with van der Waals surface area (Å²) in [5.74, 6) is -0.551. The normalized spacial score (nSPS) is 13.4. The summed E-state index contributed by atoms with van der Waals surface area (Å²) < 4.78 is 1.69. The monoisotopic (exact) mass is 409 g/mol. The number of phenolic OH excluding ortho intramolecular Hbond substituents is 1. The quantitative estimate of drug-likeness (QED) is 0.280. The standard InChI is InChI=1S/C21H19N3O4S/c1-12(25)22-17-10-13(6-9-18(17)26)19(27)11-29-21-23-16-5-3-2-4-15(16)20(28)24(21)14-7-8-14/h2-6,9-10,14,26H,7-8,11H2,1H3,(H,22,25). The van der Waals surface area contributed by atoms with E-state index < -0.39 is 0 Å². The Morgan fingerprint density at radius 1 is 1.24 bits per heavy atom. The number of aromatic hydroxyl groups is 1. The Morgan fingerprint density at radius 2 is 2.00 bits per heavy atom. The summed E-state index contributed by atoms with van der Waals surface area (Å²) in [4.78, 5) is 41.4. The lowest BCUT2D eigenvalue weighted by atomic mass is 10.1. The van der Waals surface area contributed by atoms with Crippen LogP contribution in [-0.2, 0) is 4.79 Å². The second-order valence-corrected chi connectivity index (χ2v) is 7.89. The number of ketones is 1. The summed E-state index contributed by atoms with van der Waals surface area (Å²) in [6.45, 7) is 1.33. The molecule has 29 heavy (non-hydrogen) atoms. The van der Waals surface area contributed by atoms with Crippen LogP contribution in [0, 0.1) is 0 Å². The van der Waals surface area contributed by atoms with Gasteiger partial charge in [0.05, 0.1) is 22.3 Å². The van der Waals surface area contributed by atoms with E-state index >= 15 is 0 Å². The maximum atomic E-state index is 12.9. The Morgan fingerprint density at radius 3 is 2.72 bits per heavy atom. The van der Waals surface area contributed by atoms with Crippen molar-refractivity contribution in [3.05, 3.63) is 58.4 Å². The number of amides is 1. The van der Waals surface area contributed by atoms with Crippen LogP contribution in [-0.4, -0.2) is 32.1 Å². The molecule has 1 aliphatic rings. The summed E-state index contributed by atoms with van der Waals surface area (Å²) in [7, 11) is 0. The second kappa shape index (κ2) is 7.71. The minimum Gasteiger partial charge on any atom is -0.506 e. The summed E-state index contributed by atoms with van der Waals surface area (Å²) in [6, 6.07) is 11.7. The zero-order chi connectivity index (χ0) is 20.5. The van der Waals surface area contributed by atoms with Crippen LogP contribution >= 0.6 is 11.8 Å². The van der Waals surface area contributed by atoms with E-state index in [9.17, 15) is 19.5 Å². The van der Waals surface area contributed by atoms with Gasteiger partial charge >= 0.3 is 0 Å². The summed E-state index contributed by atoms with van der Waals surface area (Å²) in [5, 5.41) is 13.4. The van der Waals surface area contributed by atoms with Crippen LogP contribution in [0.5, 0.6) is 5.75 Å². The number of Topliss-reactive ketones (excluding diaryl/α,β-unsaturated/α-hetero) is 1. The highest BCUT2D eigenvalue weighted by atomic mass is 32.2. The highest BCUT2D eigenvalue weighted by molar-refractivity contribution is 7.99. The predicted molar refractivity (Wildman–Crippen MR) is 112 cm³/mol. The second-order valence-electron chi connectivity index (χ2n) is 6.94. The van der Waals surface area contributed by atoms with Crippen molar-refractivity contribution in [1.82, 2.24) is 9.55 Å². The van der Waals surface area contributed by atoms with Gasteiger partial charge in [-0.25, -0.2) is 4.98 Å². The number of nitrogens with one attached hydrogen (secondary N) is 1. The Hall–Kier alpha value is -3.13. The fraction of sp³-hybridized carbons (Fsp3) is 0.238. The zero-order valence-electron chi connectivity index (χ0n) is 15.7. The van der Waals surface area contributed by atoms with Crippen LogP contribution in [0.1, 0.15) is 36.2 Å². The third-order valence-corrected chi connectivity index (χ3v) is 5.60. The number of benzene rings is 2. The number of rotatable bonds is 6. The maximum Gasteiger partial charge on any atom is 0.262 e. The van der Waals surface area contributed by atoms with Gasteiger partial charge in [0.1, 0.15) is 5.75 Å². The molecule has 2 aromatic carbocycles. The van der Waals surface area contributed by atoms with E-state index in [-0.39, 0.29) is 40.5 Å². The number of thioether (sulfide) groups is 1. The Kier molecular flexibility index (Phi) is 5.10. The lowest BCUT2D eigenvalue weighted by molar-refractivity contribution is -0.114. The molecular weight excluding hydrogens is 390 g/mol. The van der Waals surface area contributed by atoms with E-state index in [1.165, 1.54) is 36.9 Å². The molecule has 2 N–H and O–H groups in total. The SMILES string of the molecule is CC(=O)Nc1cc(C(=O)CSc2nc3ccccc3c(=O)n2C2CC2)ccc1O. The van der Waals surface area contributed by atoms with Gasteiger partial charge in [0.25, 0.3) is 5.56 Å². The fourth-order valence-corrected chi connectivity index (χ4v) is 4.06. The molecule has 1 saturated carbocycles. The molecule has 0 spiro atoms. The summed E-state index contributed by atoms with van der Waals surface area (Å²) in [6.07, 6.45) is 1.86. The van der Waals surface area contributed by atoms with Crippen molar-refractivity contribution in [2.45, 2.75) is 31.0 Å². The van der Waals surface area contributed by atoms with Gasteiger partial charge < -0.3 is 10.4 Å². The van der Waals surface area contributed by atoms with Gasteiger partial charge in [-0.05, 0) is 43.2 Å². The van der Waals surface area contributed by atoms with Crippen molar-refractivity contribution >= 4 is 40.0 Å². The third kappa shape index (κ3) is 4.02. The van der Waals surface area contributed by atoms with E-state index in [0.717, 1.165) is 12.8 Å². The van der Waals surface area contributed by atoms with E-state index in [4.69, 9.17) is 0 Å². The van der Waals surface area contributed by atoms with E-state index in [2.05, 4.69) is 10.3 Å². The Bertz CT molecular complexity index is 1180. The minimum absolute atomic E-state index is 0.0781. The number of carbonyl (C=O) groups excluding carboxylic acids is 2. The highest BCUT2D eigenvalue weighted by Gasteiger charge is 2.28. The molecule has 0 bridgehead atoms. The first-order valence-electron chi connectivity index (χ1n) is 9.22. The molecule has 4 rings (SSSR count). The number of hydrogen-bond donors (Lipinski definition) is 2. The van der Waals surface area contributed by atoms with Crippen LogP contribution in [0.15, 0.2) is 52.4 Å². The number of anilines is 1. The molecule has 1 aromatic heterocycles. The molecule has 148 valence electrons. The van der Waals surface area contributed by atoms with Gasteiger partial charge in [-0.15, -0.1) is 0 Å². The van der Waals surface area contributed by atoms with Crippen molar-refractivity contribution in [3.63, 3.8) is 0 Å². The van der Waals surface area contributed by atoms with Crippen molar-refractivity contribution in [2.75, 3.05) is 11.1 Å². The molecule has 1 fully saturated rings. The first-order valence-corrected chi connectivity index (χ1v) is 10.2. The lowest BCUT2D eigenvalue weighted by Gasteiger charge is -2.12. The molecule has 7 nitrogen and oxygen atoms in total. The smallest absolute Gasteiger partial charge is 0.262 e. The fourth-order valence-electron chi connectivity index (χ4n) is 3.09. The number of aromatic nitrogens is 2. The molecule has 0 unspecified atom stereocenters. The Balaban J connectivity index is 1.60. The van der Waals surface area contributed by atoms with Crippen LogP contribution in [0.25, 0.3) is 10.9 Å². The first-order chi connectivity index (χ1) is 13.9. The number of fused-ring (bicyclic) bond motifs is 1. The predicted octanol–water partition coefficient (Wildman–Crippen LogP) is 3.37. The van der Waals surface area contributed by atoms with E-state index in [0.29, 0.717) is 21.6 Å². The highest BCUT2D eigenvalue weighted by Crippen LogP contribution is 2.37. The average Bonchev–Trinajstić information content (AvgIpc) is 3.52. The molecule has 1 heterocycles. The molecule has 8 heteroatoms. The number of carbonyl (C=O) groups is 2. The van der Waals surface area contributed by atoms with Crippen molar-refractivity contribution in [2.24, 2.45) is 0 Å². The van der Waals surface area contributed by atoms with Crippen molar-refractivity contribution in [3.8, 4) is 5.75 Å². The van der Waals surface area contributed by atoms with Gasteiger partial charge in [0, 0.05) is 18.5 Å². The van der Waals surface area contributed by atoms with E-state index in [1.807, 2.05) is 12.1 Å². The average molecular weight is 409 g/mol. The third-order valence-electron chi connectivity index (χ3n) is 4.65. The van der Waals surface area contributed by atoms with Crippen LogP contribution < -0.4 is 10.9 Å². The lowest BCUT2D eigenvalue weighted by Crippen LogP contribution is -2.22. The van der Waals surface area contributed by atoms with Crippen molar-refractivity contribution < 1.29 is 14.7 Å². The van der Waals surface area contributed by atoms with Gasteiger partial charge in [0.2, 0.25) is 5.91 Å². The molecule has 0 atom stereocenters. The van der Waals surface area contributed by atoms with Crippen LogP contribution in [0.3, 0.4) is 0 Å². The Labute approximate surface area is 170 Å². The molecular formula is C21H19N3O4S. The number of nitrogens with zero attached hydrogens (tertiary/aromatic N) is 2. The molecule has 1 aliphatic carbocycles. The molecule has 0 radical (unpaired) electrons. The zero-order valence-corrected chi connectivity index (χ0v) is 16.5. The van der Waals surface area contributed by atoms with Gasteiger partial charge in [0.15, 0.2) is 10.9 Å². The van der Waals surface area contributed by atoms with Gasteiger partial charge in [-0.2, -0.15) is 0 Å². The number of hydrogen-bond acceptors (Lipinski definition) is 6. The maximum absolute atomic E-state index is 12.9. The first kappa shape index (κ1) is 19.2. The van der Waals surface area contributed by atoms with Crippen molar-refractivity contribution in [1.29, 1.82) is 0 Å². The van der Waals surface area contributed by atoms with E-state index in [1.54, 1.807) is 16.7 Å². The molecule has 1 amide bonds. The van der Waals surface area contributed by atoms with Crippen LogP contribution in [0.4, 0.5) is 5.69 Å². The summed E-state index contributed by atoms with van der Waals surface area (Å²) in [5.41, 5.74) is 1.08. The topological polar surface area (TPSA) is 101 Å². The number of phenols is 1. The number of para-hydroxylation sites is 1. The molecule has 0 saturated heterocycles. The largest absolute Gasteiger partial charge is 0.506 e. The van der Waals surface area contributed by atoms with Gasteiger partial charge in [-0.1, -0.05) is 23.9 Å². The molecule has 3 aromatic rings. The van der Waals surface area contributed by atoms with Crippen LogP contribution in [0.2, 0.25) is 0 Å².